The van der Waals surface area contributed by atoms with Crippen LogP contribution in [0, 0.1) is 12.7 Å². The molecule has 1 rings (SSSR count). The van der Waals surface area contributed by atoms with Crippen LogP contribution < -0.4 is 0 Å². The second-order valence-electron chi connectivity index (χ2n) is 2.21. The van der Waals surface area contributed by atoms with Crippen molar-refractivity contribution in [3.63, 3.8) is 0 Å². The fourth-order valence-corrected chi connectivity index (χ4v) is 0.606. The predicted octanol–water partition coefficient (Wildman–Crippen LogP) is 2.40. The van der Waals surface area contributed by atoms with Gasteiger partial charge in [0.25, 0.3) is 0 Å². The van der Waals surface area contributed by atoms with Crippen molar-refractivity contribution < 1.29 is 9.13 Å². The first kappa shape index (κ1) is 10.1. The van der Waals surface area contributed by atoms with Crippen molar-refractivity contribution in [2.45, 2.75) is 6.92 Å². The van der Waals surface area contributed by atoms with Crippen LogP contribution in [0.25, 0.3) is 0 Å². The molecule has 11 heavy (non-hydrogen) atoms. The average molecular weight is 156 g/mol. The molecule has 0 aliphatic rings. The van der Waals surface area contributed by atoms with E-state index in [-0.39, 0.29) is 5.82 Å². The molecule has 1 aromatic carbocycles. The van der Waals surface area contributed by atoms with Crippen LogP contribution in [0.3, 0.4) is 0 Å². The van der Waals surface area contributed by atoms with Crippen LogP contribution in [0.4, 0.5) is 4.39 Å². The van der Waals surface area contributed by atoms with E-state index in [2.05, 4.69) is 4.74 Å². The van der Waals surface area contributed by atoms with Crippen LogP contribution in [-0.4, -0.2) is 14.2 Å². The smallest absolute Gasteiger partial charge is 0.123 e. The van der Waals surface area contributed by atoms with Gasteiger partial charge in [-0.05, 0) is 24.6 Å². The van der Waals surface area contributed by atoms with Gasteiger partial charge in [-0.25, -0.2) is 4.39 Å². The van der Waals surface area contributed by atoms with Crippen LogP contribution in [0.15, 0.2) is 24.3 Å². The number of rotatable bonds is 0. The van der Waals surface area contributed by atoms with Gasteiger partial charge in [-0.3, -0.25) is 0 Å². The first-order valence-electron chi connectivity index (χ1n) is 3.33. The molecular weight excluding hydrogens is 143 g/mol. The van der Waals surface area contributed by atoms with Crippen molar-refractivity contribution in [3.05, 3.63) is 35.6 Å². The minimum atomic E-state index is -0.162. The number of ether oxygens (including phenoxy) is 1. The second kappa shape index (κ2) is 5.86. The van der Waals surface area contributed by atoms with Gasteiger partial charge in [-0.15, -0.1) is 0 Å². The molecule has 0 amide bonds. The largest absolute Gasteiger partial charge is 0.388 e. The molecule has 0 radical (unpaired) electrons. The van der Waals surface area contributed by atoms with E-state index < -0.39 is 0 Å². The summed E-state index contributed by atoms with van der Waals surface area (Å²) in [5.41, 5.74) is 0.963. The van der Waals surface area contributed by atoms with Gasteiger partial charge in [-0.1, -0.05) is 12.1 Å². The number of hydrogen-bond acceptors (Lipinski definition) is 1. The first-order valence-corrected chi connectivity index (χ1v) is 3.33. The maximum Gasteiger partial charge on any atom is 0.123 e. The molecule has 0 aromatic heterocycles. The zero-order valence-corrected chi connectivity index (χ0v) is 7.10. The fourth-order valence-electron chi connectivity index (χ4n) is 0.606. The van der Waals surface area contributed by atoms with Crippen LogP contribution in [0.5, 0.6) is 0 Å². The standard InChI is InChI=1S/C7H7F.C2H6O/c1-6-3-2-4-7(8)5-6;1-3-2/h2-5H,1H3;1-2H3. The molecule has 0 saturated heterocycles. The summed E-state index contributed by atoms with van der Waals surface area (Å²) >= 11 is 0. The van der Waals surface area contributed by atoms with Crippen molar-refractivity contribution in [1.29, 1.82) is 0 Å². The van der Waals surface area contributed by atoms with Crippen molar-refractivity contribution in [2.75, 3.05) is 14.2 Å². The lowest BCUT2D eigenvalue weighted by Gasteiger charge is -1.87. The second-order valence-corrected chi connectivity index (χ2v) is 2.21. The van der Waals surface area contributed by atoms with Crippen LogP contribution in [0.2, 0.25) is 0 Å². The van der Waals surface area contributed by atoms with Crippen molar-refractivity contribution in [2.24, 2.45) is 0 Å². The molecule has 0 fully saturated rings. The van der Waals surface area contributed by atoms with Gasteiger partial charge >= 0.3 is 0 Å². The first-order chi connectivity index (χ1) is 5.20. The van der Waals surface area contributed by atoms with E-state index in [0.29, 0.717) is 0 Å². The Bertz CT molecular complexity index is 181. The predicted molar refractivity (Wildman–Crippen MR) is 44.1 cm³/mol. The third kappa shape index (κ3) is 5.55. The van der Waals surface area contributed by atoms with Crippen molar-refractivity contribution >= 4 is 0 Å². The molecule has 0 spiro atoms. The van der Waals surface area contributed by atoms with E-state index in [4.69, 9.17) is 0 Å². The zero-order valence-electron chi connectivity index (χ0n) is 7.10. The van der Waals surface area contributed by atoms with Gasteiger partial charge in [0.1, 0.15) is 5.82 Å². The normalized spacial score (nSPS) is 8.36. The molecular formula is C9H13FO. The van der Waals surface area contributed by atoms with Crippen molar-refractivity contribution in [1.82, 2.24) is 0 Å². The monoisotopic (exact) mass is 156 g/mol. The highest BCUT2D eigenvalue weighted by atomic mass is 19.1. The Morgan fingerprint density at radius 3 is 2.09 bits per heavy atom. The molecule has 1 aromatic rings. The summed E-state index contributed by atoms with van der Waals surface area (Å²) < 4.78 is 16.4. The minimum Gasteiger partial charge on any atom is -0.388 e. The Hall–Kier alpha value is -0.890. The summed E-state index contributed by atoms with van der Waals surface area (Å²) in [5, 5.41) is 0. The number of aryl methyl sites for hydroxylation is 1. The van der Waals surface area contributed by atoms with E-state index in [0.717, 1.165) is 5.56 Å². The fraction of sp³-hybridized carbons (Fsp3) is 0.333. The Kier molecular flexibility index (Phi) is 5.39. The van der Waals surface area contributed by atoms with Crippen LogP contribution >= 0.6 is 0 Å². The molecule has 0 atom stereocenters. The lowest BCUT2D eigenvalue weighted by molar-refractivity contribution is 0.277. The highest BCUT2D eigenvalue weighted by Crippen LogP contribution is 1.99. The van der Waals surface area contributed by atoms with E-state index in [1.165, 1.54) is 12.1 Å². The average Bonchev–Trinajstić information content (AvgIpc) is 1.88. The highest BCUT2D eigenvalue weighted by molar-refractivity contribution is 5.13. The topological polar surface area (TPSA) is 9.23 Å². The maximum absolute atomic E-state index is 12.2. The third-order valence-corrected chi connectivity index (χ3v) is 0.980. The quantitative estimate of drug-likeness (QED) is 0.560. The van der Waals surface area contributed by atoms with Crippen LogP contribution in [0.1, 0.15) is 5.56 Å². The minimum absolute atomic E-state index is 0.162. The molecule has 0 bridgehead atoms. The number of hydrogen-bond donors (Lipinski definition) is 0. The van der Waals surface area contributed by atoms with Gasteiger partial charge < -0.3 is 4.74 Å². The Balaban J connectivity index is 0.000000292. The lowest BCUT2D eigenvalue weighted by atomic mass is 10.2. The van der Waals surface area contributed by atoms with Gasteiger partial charge in [0.05, 0.1) is 0 Å². The summed E-state index contributed by atoms with van der Waals surface area (Å²) in [4.78, 5) is 0. The summed E-state index contributed by atoms with van der Waals surface area (Å²) in [6.45, 7) is 1.86. The summed E-state index contributed by atoms with van der Waals surface area (Å²) in [5.74, 6) is -0.162. The van der Waals surface area contributed by atoms with Crippen LogP contribution in [-0.2, 0) is 4.74 Å². The van der Waals surface area contributed by atoms with Crippen molar-refractivity contribution in [3.8, 4) is 0 Å². The SMILES string of the molecule is COC.Cc1cccc(F)c1. The number of halogens is 1. The van der Waals surface area contributed by atoms with E-state index >= 15 is 0 Å². The zero-order chi connectivity index (χ0) is 8.69. The number of benzene rings is 1. The van der Waals surface area contributed by atoms with E-state index in [9.17, 15) is 4.39 Å². The number of methoxy groups -OCH3 is 1. The molecule has 0 N–H and O–H groups in total. The van der Waals surface area contributed by atoms with E-state index in [1.54, 1.807) is 20.3 Å². The highest BCUT2D eigenvalue weighted by Gasteiger charge is 1.84. The molecule has 2 heteroatoms. The Morgan fingerprint density at radius 2 is 1.82 bits per heavy atom. The molecule has 0 aliphatic heterocycles. The summed E-state index contributed by atoms with van der Waals surface area (Å²) in [6, 6.07) is 6.50. The van der Waals surface area contributed by atoms with E-state index in [1.807, 2.05) is 13.0 Å². The molecule has 0 heterocycles. The molecule has 0 unspecified atom stereocenters. The Morgan fingerprint density at radius 1 is 1.27 bits per heavy atom. The molecule has 62 valence electrons. The maximum atomic E-state index is 12.2. The summed E-state index contributed by atoms with van der Waals surface area (Å²) in [7, 11) is 3.25. The molecule has 0 saturated carbocycles. The summed E-state index contributed by atoms with van der Waals surface area (Å²) in [6.07, 6.45) is 0. The van der Waals surface area contributed by atoms with Gasteiger partial charge in [0.15, 0.2) is 0 Å². The molecule has 0 aliphatic carbocycles. The van der Waals surface area contributed by atoms with Gasteiger partial charge in [0.2, 0.25) is 0 Å². The van der Waals surface area contributed by atoms with Gasteiger partial charge in [-0.2, -0.15) is 0 Å². The van der Waals surface area contributed by atoms with Gasteiger partial charge in [0, 0.05) is 14.2 Å². The Labute approximate surface area is 66.8 Å². The lowest BCUT2D eigenvalue weighted by Crippen LogP contribution is -1.72. The molecule has 1 nitrogen and oxygen atoms in total. The third-order valence-electron chi connectivity index (χ3n) is 0.980.